The van der Waals surface area contributed by atoms with Gasteiger partial charge in [0, 0.05) is 17.6 Å². The lowest BCUT2D eigenvalue weighted by atomic mass is 10.0. The van der Waals surface area contributed by atoms with Crippen LogP contribution in [0.3, 0.4) is 0 Å². The predicted octanol–water partition coefficient (Wildman–Crippen LogP) is 3.87. The molecule has 0 radical (unpaired) electrons. The normalized spacial score (nSPS) is 15.1. The molecular weight excluding hydrogens is 288 g/mol. The molecule has 0 saturated heterocycles. The lowest BCUT2D eigenvalue weighted by molar-refractivity contribution is -0.112. The van der Waals surface area contributed by atoms with Crippen molar-refractivity contribution in [3.8, 4) is 5.75 Å². The Morgan fingerprint density at radius 2 is 1.78 bits per heavy atom. The molecule has 0 saturated carbocycles. The summed E-state index contributed by atoms with van der Waals surface area (Å²) in [6.45, 7) is 3.90. The van der Waals surface area contributed by atoms with Crippen molar-refractivity contribution in [3.05, 3.63) is 71.3 Å². The topological polar surface area (TPSA) is 43.4 Å². The standard InChI is InChI=1S/C20H18O3/c1-13(2)23-16-9-7-14(8-10-16)19(21)12-18-17-6-4-3-5-15(17)11-20(18)22/h3-10,12-13H,11H2,1-2H3/b18-12-. The second-order valence-electron chi connectivity index (χ2n) is 5.87. The van der Waals surface area contributed by atoms with Crippen LogP contribution < -0.4 is 4.74 Å². The first kappa shape index (κ1) is 15.2. The number of rotatable bonds is 4. The van der Waals surface area contributed by atoms with Gasteiger partial charge >= 0.3 is 0 Å². The fourth-order valence-electron chi connectivity index (χ4n) is 2.70. The minimum atomic E-state index is -0.166. The number of allylic oxidation sites excluding steroid dienone is 2. The molecule has 0 amide bonds. The van der Waals surface area contributed by atoms with E-state index in [0.29, 0.717) is 17.6 Å². The molecule has 3 nitrogen and oxygen atoms in total. The van der Waals surface area contributed by atoms with Gasteiger partial charge in [0.1, 0.15) is 5.75 Å². The molecule has 3 rings (SSSR count). The van der Waals surface area contributed by atoms with E-state index < -0.39 is 0 Å². The number of ketones is 2. The Balaban J connectivity index is 1.85. The Hall–Kier alpha value is -2.68. The molecule has 1 aliphatic carbocycles. The first-order valence-electron chi connectivity index (χ1n) is 7.69. The average molecular weight is 306 g/mol. The molecule has 2 aromatic carbocycles. The molecule has 0 aromatic heterocycles. The van der Waals surface area contributed by atoms with Gasteiger partial charge in [-0.25, -0.2) is 0 Å². The van der Waals surface area contributed by atoms with Crippen LogP contribution >= 0.6 is 0 Å². The van der Waals surface area contributed by atoms with Crippen LogP contribution in [0.2, 0.25) is 0 Å². The minimum absolute atomic E-state index is 0.000638. The number of hydrogen-bond donors (Lipinski definition) is 0. The van der Waals surface area contributed by atoms with E-state index in [1.807, 2.05) is 38.1 Å². The highest BCUT2D eigenvalue weighted by atomic mass is 16.5. The van der Waals surface area contributed by atoms with Crippen molar-refractivity contribution in [3.63, 3.8) is 0 Å². The number of carbonyl (C=O) groups excluding carboxylic acids is 2. The molecule has 0 aliphatic heterocycles. The molecule has 1 aliphatic rings. The monoisotopic (exact) mass is 306 g/mol. The van der Waals surface area contributed by atoms with Gasteiger partial charge in [0.2, 0.25) is 0 Å². The summed E-state index contributed by atoms with van der Waals surface area (Å²) in [5.74, 6) is 0.562. The molecule has 0 unspecified atom stereocenters. The van der Waals surface area contributed by atoms with E-state index in [1.165, 1.54) is 6.08 Å². The van der Waals surface area contributed by atoms with Crippen molar-refractivity contribution in [2.24, 2.45) is 0 Å². The third-order valence-corrected chi connectivity index (χ3v) is 3.75. The zero-order chi connectivity index (χ0) is 16.4. The fourth-order valence-corrected chi connectivity index (χ4v) is 2.70. The van der Waals surface area contributed by atoms with E-state index in [4.69, 9.17) is 4.74 Å². The smallest absolute Gasteiger partial charge is 0.186 e. The first-order chi connectivity index (χ1) is 11.0. The van der Waals surface area contributed by atoms with Gasteiger partial charge in [0.15, 0.2) is 11.6 Å². The number of ether oxygens (including phenoxy) is 1. The molecule has 2 aromatic rings. The molecule has 23 heavy (non-hydrogen) atoms. The van der Waals surface area contributed by atoms with Crippen molar-refractivity contribution in [2.75, 3.05) is 0 Å². The summed E-state index contributed by atoms with van der Waals surface area (Å²) in [7, 11) is 0. The molecular formula is C20H18O3. The van der Waals surface area contributed by atoms with E-state index in [0.717, 1.165) is 16.9 Å². The molecule has 3 heteroatoms. The van der Waals surface area contributed by atoms with Crippen LogP contribution in [0.15, 0.2) is 54.6 Å². The zero-order valence-electron chi connectivity index (χ0n) is 13.2. The van der Waals surface area contributed by atoms with Crippen LogP contribution in [0.5, 0.6) is 5.75 Å². The maximum atomic E-state index is 12.4. The number of hydrogen-bond acceptors (Lipinski definition) is 3. The lowest BCUT2D eigenvalue weighted by Crippen LogP contribution is -2.06. The van der Waals surface area contributed by atoms with Crippen molar-refractivity contribution in [1.82, 2.24) is 0 Å². The number of Topliss-reactive ketones (excluding diaryl/α,β-unsaturated/α-hetero) is 1. The first-order valence-corrected chi connectivity index (χ1v) is 7.69. The largest absolute Gasteiger partial charge is 0.491 e. The van der Waals surface area contributed by atoms with Crippen LogP contribution in [0.25, 0.3) is 5.57 Å². The quantitative estimate of drug-likeness (QED) is 0.636. The Bertz CT molecular complexity index is 783. The van der Waals surface area contributed by atoms with E-state index in [1.54, 1.807) is 24.3 Å². The summed E-state index contributed by atoms with van der Waals surface area (Å²) in [6.07, 6.45) is 1.91. The van der Waals surface area contributed by atoms with Gasteiger partial charge in [-0.05, 0) is 55.3 Å². The van der Waals surface area contributed by atoms with Crippen LogP contribution in [-0.4, -0.2) is 17.7 Å². The highest BCUT2D eigenvalue weighted by Gasteiger charge is 2.24. The van der Waals surface area contributed by atoms with Gasteiger partial charge < -0.3 is 4.74 Å². The third-order valence-electron chi connectivity index (χ3n) is 3.75. The predicted molar refractivity (Wildman–Crippen MR) is 89.7 cm³/mol. The fraction of sp³-hybridized carbons (Fsp3) is 0.200. The van der Waals surface area contributed by atoms with E-state index in [9.17, 15) is 9.59 Å². The van der Waals surface area contributed by atoms with Crippen LogP contribution in [0.1, 0.15) is 35.3 Å². The number of fused-ring (bicyclic) bond motifs is 1. The van der Waals surface area contributed by atoms with Gasteiger partial charge in [0.05, 0.1) is 6.10 Å². The van der Waals surface area contributed by atoms with E-state index in [2.05, 4.69) is 0 Å². The lowest BCUT2D eigenvalue weighted by Gasteiger charge is -2.09. The highest BCUT2D eigenvalue weighted by Crippen LogP contribution is 2.29. The van der Waals surface area contributed by atoms with E-state index in [-0.39, 0.29) is 17.7 Å². The second-order valence-corrected chi connectivity index (χ2v) is 5.87. The van der Waals surface area contributed by atoms with Gasteiger partial charge in [-0.1, -0.05) is 24.3 Å². The maximum Gasteiger partial charge on any atom is 0.186 e. The van der Waals surface area contributed by atoms with Gasteiger partial charge in [-0.15, -0.1) is 0 Å². The molecule has 0 atom stereocenters. The van der Waals surface area contributed by atoms with Crippen molar-refractivity contribution in [1.29, 1.82) is 0 Å². The van der Waals surface area contributed by atoms with Gasteiger partial charge in [0.25, 0.3) is 0 Å². The summed E-state index contributed by atoms with van der Waals surface area (Å²) < 4.78 is 5.57. The summed E-state index contributed by atoms with van der Waals surface area (Å²) in [6, 6.07) is 14.6. The van der Waals surface area contributed by atoms with Crippen molar-refractivity contribution in [2.45, 2.75) is 26.4 Å². The molecule has 0 N–H and O–H groups in total. The van der Waals surface area contributed by atoms with Crippen molar-refractivity contribution < 1.29 is 14.3 Å². The summed E-state index contributed by atoms with van der Waals surface area (Å²) in [5, 5.41) is 0. The maximum absolute atomic E-state index is 12.4. The van der Waals surface area contributed by atoms with Crippen molar-refractivity contribution >= 4 is 17.1 Å². The molecule has 0 fully saturated rings. The molecule has 116 valence electrons. The Morgan fingerprint density at radius 1 is 1.09 bits per heavy atom. The van der Waals surface area contributed by atoms with Crippen LogP contribution in [0, 0.1) is 0 Å². The Kier molecular flexibility index (Phi) is 4.11. The number of benzene rings is 2. The highest BCUT2D eigenvalue weighted by molar-refractivity contribution is 6.30. The number of carbonyl (C=O) groups is 2. The Labute approximate surface area is 135 Å². The molecule has 0 spiro atoms. The minimum Gasteiger partial charge on any atom is -0.491 e. The Morgan fingerprint density at radius 3 is 2.48 bits per heavy atom. The summed E-state index contributed by atoms with van der Waals surface area (Å²) in [5.41, 5.74) is 2.90. The zero-order valence-corrected chi connectivity index (χ0v) is 13.2. The second kappa shape index (κ2) is 6.21. The molecule has 0 bridgehead atoms. The SMILES string of the molecule is CC(C)Oc1ccc(C(=O)/C=C2\C(=O)Cc3ccccc32)cc1. The van der Waals surface area contributed by atoms with Crippen LogP contribution in [0.4, 0.5) is 0 Å². The summed E-state index contributed by atoms with van der Waals surface area (Å²) >= 11 is 0. The van der Waals surface area contributed by atoms with Gasteiger partial charge in [-0.2, -0.15) is 0 Å². The summed E-state index contributed by atoms with van der Waals surface area (Å²) in [4.78, 5) is 24.6. The van der Waals surface area contributed by atoms with Crippen LogP contribution in [-0.2, 0) is 11.2 Å². The van der Waals surface area contributed by atoms with Gasteiger partial charge in [-0.3, -0.25) is 9.59 Å². The van der Waals surface area contributed by atoms with E-state index >= 15 is 0 Å². The third kappa shape index (κ3) is 3.24. The average Bonchev–Trinajstić information content (AvgIpc) is 2.83. The molecule has 0 heterocycles.